The summed E-state index contributed by atoms with van der Waals surface area (Å²) in [6, 6.07) is 3.74. The van der Waals surface area contributed by atoms with Gasteiger partial charge in [-0.15, -0.1) is 6.58 Å². The molecule has 0 spiro atoms. The molecule has 0 saturated heterocycles. The molecule has 0 aliphatic heterocycles. The first kappa shape index (κ1) is 7.79. The molecule has 4 nitrogen and oxygen atoms in total. The first-order valence-corrected chi connectivity index (χ1v) is 4.05. The SMILES string of the molecule is C=CCNc1ccn2nccc2n1. The lowest BCUT2D eigenvalue weighted by Crippen LogP contribution is -2.01. The highest BCUT2D eigenvalue weighted by Gasteiger charge is 1.95. The van der Waals surface area contributed by atoms with Crippen molar-refractivity contribution < 1.29 is 0 Å². The second-order valence-electron chi connectivity index (χ2n) is 2.62. The summed E-state index contributed by atoms with van der Waals surface area (Å²) in [5, 5.41) is 7.15. The van der Waals surface area contributed by atoms with Gasteiger partial charge in [0.1, 0.15) is 5.82 Å². The Labute approximate surface area is 75.9 Å². The third-order valence-corrected chi connectivity index (χ3v) is 1.69. The Hall–Kier alpha value is -1.84. The van der Waals surface area contributed by atoms with Gasteiger partial charge in [0.25, 0.3) is 0 Å². The maximum absolute atomic E-state index is 4.31. The third-order valence-electron chi connectivity index (χ3n) is 1.69. The summed E-state index contributed by atoms with van der Waals surface area (Å²) in [5.41, 5.74) is 0.842. The van der Waals surface area contributed by atoms with Crippen LogP contribution >= 0.6 is 0 Å². The van der Waals surface area contributed by atoms with E-state index >= 15 is 0 Å². The molecule has 66 valence electrons. The van der Waals surface area contributed by atoms with E-state index in [1.165, 1.54) is 0 Å². The van der Waals surface area contributed by atoms with Crippen molar-refractivity contribution in [3.05, 3.63) is 37.2 Å². The summed E-state index contributed by atoms with van der Waals surface area (Å²) in [6.07, 6.45) is 5.38. The number of fused-ring (bicyclic) bond motifs is 1. The van der Waals surface area contributed by atoms with Crippen molar-refractivity contribution in [2.75, 3.05) is 11.9 Å². The van der Waals surface area contributed by atoms with Crippen LogP contribution in [0.15, 0.2) is 37.2 Å². The molecule has 0 radical (unpaired) electrons. The smallest absolute Gasteiger partial charge is 0.157 e. The van der Waals surface area contributed by atoms with Gasteiger partial charge in [-0.2, -0.15) is 5.10 Å². The molecule has 0 fully saturated rings. The van der Waals surface area contributed by atoms with Crippen LogP contribution in [0.4, 0.5) is 5.82 Å². The van der Waals surface area contributed by atoms with Gasteiger partial charge >= 0.3 is 0 Å². The van der Waals surface area contributed by atoms with Crippen LogP contribution in [0, 0.1) is 0 Å². The number of hydrogen-bond acceptors (Lipinski definition) is 3. The summed E-state index contributed by atoms with van der Waals surface area (Å²) >= 11 is 0. The number of aromatic nitrogens is 3. The number of rotatable bonds is 3. The summed E-state index contributed by atoms with van der Waals surface area (Å²) in [7, 11) is 0. The molecule has 0 aliphatic rings. The molecule has 2 heterocycles. The van der Waals surface area contributed by atoms with Crippen LogP contribution in [-0.4, -0.2) is 21.1 Å². The normalized spacial score (nSPS) is 10.2. The average Bonchev–Trinajstić information content (AvgIpc) is 2.61. The van der Waals surface area contributed by atoms with Gasteiger partial charge in [-0.1, -0.05) is 6.08 Å². The minimum absolute atomic E-state index is 0.720. The maximum atomic E-state index is 4.31. The highest BCUT2D eigenvalue weighted by Crippen LogP contribution is 2.04. The van der Waals surface area contributed by atoms with Crippen molar-refractivity contribution in [3.63, 3.8) is 0 Å². The van der Waals surface area contributed by atoms with Crippen LogP contribution in [0.1, 0.15) is 0 Å². The van der Waals surface area contributed by atoms with Crippen molar-refractivity contribution in [1.29, 1.82) is 0 Å². The van der Waals surface area contributed by atoms with Gasteiger partial charge in [-0.25, -0.2) is 9.50 Å². The molecule has 0 unspecified atom stereocenters. The minimum Gasteiger partial charge on any atom is -0.366 e. The van der Waals surface area contributed by atoms with Gasteiger partial charge in [0, 0.05) is 18.8 Å². The van der Waals surface area contributed by atoms with Crippen molar-refractivity contribution >= 4 is 11.5 Å². The molecule has 0 aromatic carbocycles. The van der Waals surface area contributed by atoms with Crippen LogP contribution in [0.3, 0.4) is 0 Å². The van der Waals surface area contributed by atoms with E-state index in [-0.39, 0.29) is 0 Å². The summed E-state index contributed by atoms with van der Waals surface area (Å²) in [6.45, 7) is 4.34. The molecule has 0 aliphatic carbocycles. The van der Waals surface area contributed by atoms with Gasteiger partial charge in [0.05, 0.1) is 6.20 Å². The third kappa shape index (κ3) is 1.51. The zero-order chi connectivity index (χ0) is 9.10. The van der Waals surface area contributed by atoms with Crippen LogP contribution in [-0.2, 0) is 0 Å². The van der Waals surface area contributed by atoms with Crippen LogP contribution in [0.5, 0.6) is 0 Å². The van der Waals surface area contributed by atoms with E-state index in [0.717, 1.165) is 18.0 Å². The number of nitrogens with zero attached hydrogens (tertiary/aromatic N) is 3. The van der Waals surface area contributed by atoms with Crippen molar-refractivity contribution in [2.45, 2.75) is 0 Å². The molecule has 2 aromatic rings. The molecule has 13 heavy (non-hydrogen) atoms. The van der Waals surface area contributed by atoms with E-state index in [9.17, 15) is 0 Å². The van der Waals surface area contributed by atoms with E-state index in [4.69, 9.17) is 0 Å². The molecule has 2 rings (SSSR count). The van der Waals surface area contributed by atoms with Gasteiger partial charge in [0.15, 0.2) is 5.65 Å². The number of anilines is 1. The van der Waals surface area contributed by atoms with E-state index < -0.39 is 0 Å². The monoisotopic (exact) mass is 174 g/mol. The minimum atomic E-state index is 0.720. The molecule has 2 aromatic heterocycles. The second kappa shape index (κ2) is 3.26. The van der Waals surface area contributed by atoms with Gasteiger partial charge < -0.3 is 5.32 Å². The Morgan fingerprint density at radius 2 is 2.46 bits per heavy atom. The Morgan fingerprint density at radius 3 is 3.31 bits per heavy atom. The number of nitrogens with one attached hydrogen (secondary N) is 1. The Morgan fingerprint density at radius 1 is 1.54 bits per heavy atom. The lowest BCUT2D eigenvalue weighted by molar-refractivity contribution is 0.939. The second-order valence-corrected chi connectivity index (χ2v) is 2.62. The molecule has 1 N–H and O–H groups in total. The zero-order valence-electron chi connectivity index (χ0n) is 7.14. The highest BCUT2D eigenvalue weighted by molar-refractivity contribution is 5.45. The molecule has 0 amide bonds. The summed E-state index contributed by atoms with van der Waals surface area (Å²) < 4.78 is 1.72. The first-order chi connectivity index (χ1) is 6.40. The lowest BCUT2D eigenvalue weighted by Gasteiger charge is -2.01. The van der Waals surface area contributed by atoms with Gasteiger partial charge in [-0.05, 0) is 6.07 Å². The Kier molecular flexibility index (Phi) is 1.96. The molecule has 4 heteroatoms. The fourth-order valence-corrected chi connectivity index (χ4v) is 1.09. The largest absolute Gasteiger partial charge is 0.366 e. The van der Waals surface area contributed by atoms with Crippen LogP contribution in [0.25, 0.3) is 5.65 Å². The molecule has 0 saturated carbocycles. The topological polar surface area (TPSA) is 42.2 Å². The van der Waals surface area contributed by atoms with Gasteiger partial charge in [-0.3, -0.25) is 0 Å². The predicted octanol–water partition coefficient (Wildman–Crippen LogP) is 1.33. The standard InChI is InChI=1S/C9H10N4/c1-2-5-10-8-4-7-13-9(12-8)3-6-11-13/h2-4,6-7H,1,5H2,(H,10,12). The predicted molar refractivity (Wildman–Crippen MR) is 51.7 cm³/mol. The number of hydrogen-bond donors (Lipinski definition) is 1. The van der Waals surface area contributed by atoms with E-state index in [2.05, 4.69) is 22.0 Å². The van der Waals surface area contributed by atoms with Crippen molar-refractivity contribution in [1.82, 2.24) is 14.6 Å². The summed E-state index contributed by atoms with van der Waals surface area (Å²) in [5.74, 6) is 0.841. The Bertz CT molecular complexity index is 418. The quantitative estimate of drug-likeness (QED) is 0.714. The average molecular weight is 174 g/mol. The van der Waals surface area contributed by atoms with Crippen molar-refractivity contribution in [3.8, 4) is 0 Å². The maximum Gasteiger partial charge on any atom is 0.157 e. The molecule has 0 atom stereocenters. The van der Waals surface area contributed by atoms with Gasteiger partial charge in [0.2, 0.25) is 0 Å². The van der Waals surface area contributed by atoms with Crippen molar-refractivity contribution in [2.24, 2.45) is 0 Å². The van der Waals surface area contributed by atoms with E-state index in [0.29, 0.717) is 0 Å². The molecular formula is C9H10N4. The fraction of sp³-hybridized carbons (Fsp3) is 0.111. The van der Waals surface area contributed by atoms with Crippen LogP contribution < -0.4 is 5.32 Å². The van der Waals surface area contributed by atoms with E-state index in [1.807, 2.05) is 18.3 Å². The Balaban J connectivity index is 2.31. The van der Waals surface area contributed by atoms with E-state index in [1.54, 1.807) is 16.8 Å². The fourth-order valence-electron chi connectivity index (χ4n) is 1.09. The lowest BCUT2D eigenvalue weighted by atomic mass is 10.5. The summed E-state index contributed by atoms with van der Waals surface area (Å²) in [4.78, 5) is 4.31. The molecular weight excluding hydrogens is 164 g/mol. The highest BCUT2D eigenvalue weighted by atomic mass is 15.2. The first-order valence-electron chi connectivity index (χ1n) is 4.05. The van der Waals surface area contributed by atoms with Crippen LogP contribution in [0.2, 0.25) is 0 Å². The molecule has 0 bridgehead atoms. The zero-order valence-corrected chi connectivity index (χ0v) is 7.14.